The predicted octanol–water partition coefficient (Wildman–Crippen LogP) is 0.334. The number of nitrogens with one attached hydrogen (secondary N) is 1. The summed E-state index contributed by atoms with van der Waals surface area (Å²) in [6, 6.07) is 5.59. The average Bonchev–Trinajstić information content (AvgIpc) is 2.47. The minimum absolute atomic E-state index is 0.482. The van der Waals surface area contributed by atoms with Crippen LogP contribution in [0.4, 0.5) is 5.69 Å². The van der Waals surface area contributed by atoms with Crippen LogP contribution in [0.3, 0.4) is 0 Å². The van der Waals surface area contributed by atoms with Crippen molar-refractivity contribution in [2.24, 2.45) is 0 Å². The maximum absolute atomic E-state index is 11.5. The van der Waals surface area contributed by atoms with Crippen LogP contribution in [0.5, 0.6) is 0 Å². The Morgan fingerprint density at radius 1 is 1.62 bits per heavy atom. The zero-order chi connectivity index (χ0) is 9.42. The fourth-order valence-corrected chi connectivity index (χ4v) is 3.65. The van der Waals surface area contributed by atoms with Crippen molar-refractivity contribution in [2.75, 3.05) is 10.8 Å². The third-order valence-electron chi connectivity index (χ3n) is 2.13. The average molecular weight is 244 g/mol. The molecule has 2 rings (SSSR count). The third-order valence-corrected chi connectivity index (χ3v) is 4.72. The molecule has 4 heteroatoms. The van der Waals surface area contributed by atoms with Gasteiger partial charge in [-0.1, -0.05) is 0 Å². The van der Waals surface area contributed by atoms with Crippen LogP contribution in [0.25, 0.3) is 0 Å². The summed E-state index contributed by atoms with van der Waals surface area (Å²) in [5, 5.41) is 12.4. The second-order valence-electron chi connectivity index (χ2n) is 3.10. The quantitative estimate of drug-likeness (QED) is 0.700. The summed E-state index contributed by atoms with van der Waals surface area (Å²) in [6.07, 6.45) is -0.482. The van der Waals surface area contributed by atoms with Crippen molar-refractivity contribution in [1.29, 1.82) is 0 Å². The number of aliphatic hydroxyl groups excluding tert-OH is 1. The van der Waals surface area contributed by atoms with Gasteiger partial charge in [0.1, 0.15) is 0 Å². The second kappa shape index (κ2) is 3.22. The standard InChI is InChI=1S/C9H11NO2Se/c1-6(11)7-2-3-8-9(4-7)13(12)5-10-8/h2-4,6,10-11H,5H2,1H3. The molecular formula is C9H11NO2Se. The first kappa shape index (κ1) is 8.88. The molecule has 1 aliphatic heterocycles. The van der Waals surface area contributed by atoms with Crippen LogP contribution >= 0.6 is 0 Å². The fourth-order valence-electron chi connectivity index (χ4n) is 1.35. The Morgan fingerprint density at radius 2 is 2.38 bits per heavy atom. The second-order valence-corrected chi connectivity index (χ2v) is 6.08. The number of aliphatic hydroxyl groups is 1. The van der Waals surface area contributed by atoms with E-state index >= 15 is 0 Å². The molecule has 1 aromatic carbocycles. The van der Waals surface area contributed by atoms with E-state index in [9.17, 15) is 8.94 Å². The Kier molecular flexibility index (Phi) is 2.20. The first-order chi connectivity index (χ1) is 6.18. The Balaban J connectivity index is 2.48. The van der Waals surface area contributed by atoms with Crippen LogP contribution in [0.1, 0.15) is 18.6 Å². The van der Waals surface area contributed by atoms with Gasteiger partial charge in [-0.05, 0) is 0 Å². The Morgan fingerprint density at radius 3 is 3.08 bits per heavy atom. The summed E-state index contributed by atoms with van der Waals surface area (Å²) >= 11 is -1.86. The van der Waals surface area contributed by atoms with Crippen LogP contribution in [-0.4, -0.2) is 24.4 Å². The predicted molar refractivity (Wildman–Crippen MR) is 51.6 cm³/mol. The van der Waals surface area contributed by atoms with E-state index in [0.29, 0.717) is 5.44 Å². The van der Waals surface area contributed by atoms with Gasteiger partial charge >= 0.3 is 80.5 Å². The summed E-state index contributed by atoms with van der Waals surface area (Å²) in [5.41, 5.74) is 2.38. The van der Waals surface area contributed by atoms with Crippen LogP contribution in [0, 0.1) is 0 Å². The van der Waals surface area contributed by atoms with Gasteiger partial charge in [0.05, 0.1) is 0 Å². The van der Waals surface area contributed by atoms with Crippen LogP contribution in [0.15, 0.2) is 18.2 Å². The molecule has 3 nitrogen and oxygen atoms in total. The van der Waals surface area contributed by atoms with Crippen molar-refractivity contribution in [3.8, 4) is 0 Å². The zero-order valence-corrected chi connectivity index (χ0v) is 8.99. The van der Waals surface area contributed by atoms with Gasteiger partial charge in [0.15, 0.2) is 0 Å². The summed E-state index contributed by atoms with van der Waals surface area (Å²) < 4.78 is 12.4. The molecule has 0 bridgehead atoms. The number of fused-ring (bicyclic) bond motifs is 1. The van der Waals surface area contributed by atoms with Crippen molar-refractivity contribution in [1.82, 2.24) is 0 Å². The van der Waals surface area contributed by atoms with E-state index in [-0.39, 0.29) is 0 Å². The zero-order valence-electron chi connectivity index (χ0n) is 7.28. The van der Waals surface area contributed by atoms with E-state index < -0.39 is 19.9 Å². The molecule has 1 aliphatic rings. The van der Waals surface area contributed by atoms with E-state index in [2.05, 4.69) is 5.32 Å². The van der Waals surface area contributed by atoms with Crippen molar-refractivity contribution < 1.29 is 8.94 Å². The molecule has 1 heterocycles. The van der Waals surface area contributed by atoms with Crippen molar-refractivity contribution >= 4 is 24.0 Å². The molecule has 0 amide bonds. The van der Waals surface area contributed by atoms with E-state index in [1.165, 1.54) is 0 Å². The molecule has 0 aliphatic carbocycles. The molecule has 0 fully saturated rings. The molecule has 2 N–H and O–H groups in total. The molecule has 13 heavy (non-hydrogen) atoms. The molecule has 2 unspecified atom stereocenters. The van der Waals surface area contributed by atoms with E-state index in [4.69, 9.17) is 0 Å². The topological polar surface area (TPSA) is 49.3 Å². The minimum atomic E-state index is -1.86. The van der Waals surface area contributed by atoms with Crippen LogP contribution in [-0.2, 0) is 3.83 Å². The molecular weight excluding hydrogens is 233 g/mol. The van der Waals surface area contributed by atoms with Gasteiger partial charge < -0.3 is 0 Å². The third kappa shape index (κ3) is 1.53. The van der Waals surface area contributed by atoms with Crippen molar-refractivity contribution in [3.05, 3.63) is 23.8 Å². The van der Waals surface area contributed by atoms with E-state index in [1.54, 1.807) is 6.92 Å². The molecule has 70 valence electrons. The Bertz CT molecular complexity index is 363. The summed E-state index contributed by atoms with van der Waals surface area (Å²) in [7, 11) is 0. The summed E-state index contributed by atoms with van der Waals surface area (Å²) in [4.78, 5) is 0. The first-order valence-corrected chi connectivity index (χ1v) is 6.89. The van der Waals surface area contributed by atoms with Gasteiger partial charge in [-0.3, -0.25) is 0 Å². The number of rotatable bonds is 1. The first-order valence-electron chi connectivity index (χ1n) is 4.13. The molecule has 0 radical (unpaired) electrons. The monoisotopic (exact) mass is 245 g/mol. The van der Waals surface area contributed by atoms with E-state index in [0.717, 1.165) is 15.7 Å². The van der Waals surface area contributed by atoms with Gasteiger partial charge in [-0.15, -0.1) is 0 Å². The Hall–Kier alpha value is -0.701. The van der Waals surface area contributed by atoms with Crippen LogP contribution in [0.2, 0.25) is 0 Å². The van der Waals surface area contributed by atoms with Gasteiger partial charge in [0, 0.05) is 0 Å². The summed E-state index contributed by atoms with van der Waals surface area (Å²) in [5.74, 6) is 0. The van der Waals surface area contributed by atoms with Gasteiger partial charge in [0.2, 0.25) is 0 Å². The molecule has 2 atom stereocenters. The van der Waals surface area contributed by atoms with Gasteiger partial charge in [-0.2, -0.15) is 0 Å². The van der Waals surface area contributed by atoms with E-state index in [1.807, 2.05) is 18.2 Å². The van der Waals surface area contributed by atoms with Crippen molar-refractivity contribution in [2.45, 2.75) is 13.0 Å². The van der Waals surface area contributed by atoms with Crippen LogP contribution < -0.4 is 9.78 Å². The summed E-state index contributed by atoms with van der Waals surface area (Å²) in [6.45, 7) is 1.71. The molecule has 0 saturated carbocycles. The Labute approximate surface area is 80.9 Å². The fraction of sp³-hybridized carbons (Fsp3) is 0.333. The van der Waals surface area contributed by atoms with Gasteiger partial charge in [-0.25, -0.2) is 0 Å². The molecule has 0 spiro atoms. The molecule has 0 saturated heterocycles. The van der Waals surface area contributed by atoms with Gasteiger partial charge in [0.25, 0.3) is 0 Å². The number of anilines is 1. The number of benzene rings is 1. The van der Waals surface area contributed by atoms with Crippen molar-refractivity contribution in [3.63, 3.8) is 0 Å². The molecule has 1 aromatic rings. The normalized spacial score (nSPS) is 22.2. The maximum atomic E-state index is 11.5. The molecule has 0 aromatic heterocycles. The number of hydrogen-bond acceptors (Lipinski definition) is 3. The SMILES string of the molecule is CC(O)c1ccc2c(c1)[Se](=O)CN2. The number of hydrogen-bond donors (Lipinski definition) is 2.